The Kier molecular flexibility index (Phi) is 2.90. The van der Waals surface area contributed by atoms with E-state index in [0.717, 1.165) is 30.6 Å². The topological polar surface area (TPSA) is 84.2 Å². The Labute approximate surface area is 110 Å². The number of aromatic nitrogens is 1. The van der Waals surface area contributed by atoms with Gasteiger partial charge in [-0.1, -0.05) is 5.16 Å². The fourth-order valence-electron chi connectivity index (χ4n) is 2.08. The summed E-state index contributed by atoms with van der Waals surface area (Å²) in [6, 6.07) is 6.53. The van der Waals surface area contributed by atoms with E-state index in [1.807, 2.05) is 0 Å². The van der Waals surface area contributed by atoms with E-state index in [-0.39, 0.29) is 10.7 Å². The third-order valence-electron chi connectivity index (χ3n) is 3.00. The number of hydrogen-bond acceptors (Lipinski definition) is 5. The molecule has 0 radical (unpaired) electrons. The average molecular weight is 279 g/mol. The monoisotopic (exact) mass is 279 g/mol. The van der Waals surface area contributed by atoms with E-state index in [0.29, 0.717) is 0 Å². The van der Waals surface area contributed by atoms with Gasteiger partial charge in [0.2, 0.25) is 0 Å². The summed E-state index contributed by atoms with van der Waals surface area (Å²) in [6.07, 6.45) is 3.21. The van der Waals surface area contributed by atoms with Crippen molar-refractivity contribution in [3.05, 3.63) is 36.1 Å². The number of benzene rings is 1. The summed E-state index contributed by atoms with van der Waals surface area (Å²) in [6.45, 7) is 0.927. The molecular formula is C12H13N3O3S. The van der Waals surface area contributed by atoms with Crippen LogP contribution in [0.2, 0.25) is 0 Å². The number of aryl methyl sites for hydroxylation is 1. The van der Waals surface area contributed by atoms with E-state index in [2.05, 4.69) is 19.7 Å². The zero-order valence-corrected chi connectivity index (χ0v) is 10.9. The first-order chi connectivity index (χ1) is 9.15. The van der Waals surface area contributed by atoms with Gasteiger partial charge in [0.05, 0.1) is 4.90 Å². The number of hydrogen-bond donors (Lipinski definition) is 2. The Morgan fingerprint density at radius 1 is 1.32 bits per heavy atom. The summed E-state index contributed by atoms with van der Waals surface area (Å²) in [5.74, 6) is 0.177. The summed E-state index contributed by atoms with van der Waals surface area (Å²) < 4.78 is 31.3. The van der Waals surface area contributed by atoms with Crippen molar-refractivity contribution in [2.75, 3.05) is 16.6 Å². The molecule has 0 bridgehead atoms. The molecular weight excluding hydrogens is 266 g/mol. The van der Waals surface area contributed by atoms with Crippen molar-refractivity contribution in [1.29, 1.82) is 0 Å². The highest BCUT2D eigenvalue weighted by atomic mass is 32.2. The first kappa shape index (κ1) is 12.0. The van der Waals surface area contributed by atoms with E-state index in [4.69, 9.17) is 0 Å². The molecule has 0 spiro atoms. The second-order valence-corrected chi connectivity index (χ2v) is 6.02. The van der Waals surface area contributed by atoms with E-state index < -0.39 is 10.0 Å². The zero-order valence-electron chi connectivity index (χ0n) is 10.1. The average Bonchev–Trinajstić information content (AvgIpc) is 2.90. The molecule has 6 nitrogen and oxygen atoms in total. The lowest BCUT2D eigenvalue weighted by atomic mass is 10.0. The van der Waals surface area contributed by atoms with Gasteiger partial charge in [0.25, 0.3) is 10.0 Å². The third-order valence-corrected chi connectivity index (χ3v) is 4.35. The van der Waals surface area contributed by atoms with Crippen molar-refractivity contribution in [1.82, 2.24) is 5.16 Å². The van der Waals surface area contributed by atoms with Crippen LogP contribution in [0.15, 0.2) is 39.9 Å². The highest BCUT2D eigenvalue weighted by molar-refractivity contribution is 7.92. The van der Waals surface area contributed by atoms with Gasteiger partial charge in [-0.05, 0) is 36.6 Å². The summed E-state index contributed by atoms with van der Waals surface area (Å²) in [4.78, 5) is 0.234. The smallest absolute Gasteiger partial charge is 0.263 e. The molecule has 0 aliphatic carbocycles. The molecule has 0 saturated carbocycles. The van der Waals surface area contributed by atoms with E-state index >= 15 is 0 Å². The first-order valence-electron chi connectivity index (χ1n) is 5.95. The van der Waals surface area contributed by atoms with Crippen LogP contribution in [0.1, 0.15) is 12.0 Å². The lowest BCUT2D eigenvalue weighted by Crippen LogP contribution is -2.16. The molecule has 0 fully saturated rings. The highest BCUT2D eigenvalue weighted by Crippen LogP contribution is 2.25. The minimum absolute atomic E-state index is 0.177. The Morgan fingerprint density at radius 3 is 3.00 bits per heavy atom. The van der Waals surface area contributed by atoms with Gasteiger partial charge in [0.1, 0.15) is 6.26 Å². The van der Waals surface area contributed by atoms with E-state index in [1.54, 1.807) is 18.2 Å². The fourth-order valence-corrected chi connectivity index (χ4v) is 3.12. The Bertz CT molecular complexity index is 680. The molecule has 0 unspecified atom stereocenters. The Balaban J connectivity index is 1.93. The van der Waals surface area contributed by atoms with Crippen LogP contribution in [0.3, 0.4) is 0 Å². The lowest BCUT2D eigenvalue weighted by Gasteiger charge is -2.18. The molecule has 1 aliphatic rings. The molecule has 0 amide bonds. The van der Waals surface area contributed by atoms with Gasteiger partial charge in [-0.15, -0.1) is 0 Å². The van der Waals surface area contributed by atoms with Crippen molar-refractivity contribution >= 4 is 21.5 Å². The maximum absolute atomic E-state index is 12.2. The van der Waals surface area contributed by atoms with E-state index in [9.17, 15) is 8.42 Å². The van der Waals surface area contributed by atoms with Crippen molar-refractivity contribution in [2.45, 2.75) is 17.7 Å². The van der Waals surface area contributed by atoms with Gasteiger partial charge in [-0.3, -0.25) is 4.72 Å². The van der Waals surface area contributed by atoms with Gasteiger partial charge in [-0.25, -0.2) is 8.42 Å². The minimum Gasteiger partial charge on any atom is -0.385 e. The molecule has 7 heteroatoms. The number of nitrogens with one attached hydrogen (secondary N) is 2. The summed E-state index contributed by atoms with van der Waals surface area (Å²) in [5.41, 5.74) is 2.03. The van der Waals surface area contributed by atoms with Crippen LogP contribution in [-0.4, -0.2) is 20.1 Å². The molecule has 0 saturated heterocycles. The molecule has 19 heavy (non-hydrogen) atoms. The predicted molar refractivity (Wildman–Crippen MR) is 70.6 cm³/mol. The van der Waals surface area contributed by atoms with Gasteiger partial charge in [0.15, 0.2) is 5.82 Å². The lowest BCUT2D eigenvalue weighted by molar-refractivity contribution is 0.423. The molecule has 1 aromatic heterocycles. The molecule has 0 atom stereocenters. The van der Waals surface area contributed by atoms with Crippen LogP contribution in [0.5, 0.6) is 0 Å². The maximum Gasteiger partial charge on any atom is 0.263 e. The normalized spacial score (nSPS) is 14.5. The Hall–Kier alpha value is -2.02. The van der Waals surface area contributed by atoms with E-state index in [1.165, 1.54) is 12.3 Å². The molecule has 2 heterocycles. The van der Waals surface area contributed by atoms with Crippen LogP contribution < -0.4 is 10.0 Å². The standard InChI is InChI=1S/C12H13N3O3S/c16-19(17,15-12-5-7-18-14-12)10-3-4-11-9(8-10)2-1-6-13-11/h3-5,7-8,13H,1-2,6H2,(H,14,15). The van der Waals surface area contributed by atoms with Crippen LogP contribution >= 0.6 is 0 Å². The number of fused-ring (bicyclic) bond motifs is 1. The quantitative estimate of drug-likeness (QED) is 0.895. The van der Waals surface area contributed by atoms with Crippen molar-refractivity contribution < 1.29 is 12.9 Å². The van der Waals surface area contributed by atoms with Crippen LogP contribution in [0.4, 0.5) is 11.5 Å². The van der Waals surface area contributed by atoms with Gasteiger partial charge in [0, 0.05) is 18.3 Å². The van der Waals surface area contributed by atoms with Crippen LogP contribution in [0.25, 0.3) is 0 Å². The molecule has 100 valence electrons. The molecule has 2 aromatic rings. The minimum atomic E-state index is -3.62. The highest BCUT2D eigenvalue weighted by Gasteiger charge is 2.18. The van der Waals surface area contributed by atoms with Gasteiger partial charge in [-0.2, -0.15) is 0 Å². The molecule has 1 aromatic carbocycles. The number of sulfonamides is 1. The van der Waals surface area contributed by atoms with Crippen molar-refractivity contribution in [2.24, 2.45) is 0 Å². The molecule has 1 aliphatic heterocycles. The van der Waals surface area contributed by atoms with Gasteiger partial charge >= 0.3 is 0 Å². The Morgan fingerprint density at radius 2 is 2.21 bits per heavy atom. The maximum atomic E-state index is 12.2. The number of rotatable bonds is 3. The second-order valence-electron chi connectivity index (χ2n) is 4.34. The summed E-state index contributed by atoms with van der Waals surface area (Å²) in [7, 11) is -3.62. The fraction of sp³-hybridized carbons (Fsp3) is 0.250. The first-order valence-corrected chi connectivity index (χ1v) is 7.43. The predicted octanol–water partition coefficient (Wildman–Crippen LogP) is 1.83. The van der Waals surface area contributed by atoms with Gasteiger partial charge < -0.3 is 9.84 Å². The van der Waals surface area contributed by atoms with Crippen molar-refractivity contribution in [3.8, 4) is 0 Å². The second kappa shape index (κ2) is 4.58. The number of anilines is 2. The zero-order chi connectivity index (χ0) is 13.3. The summed E-state index contributed by atoms with van der Waals surface area (Å²) >= 11 is 0. The molecule has 3 rings (SSSR count). The summed E-state index contributed by atoms with van der Waals surface area (Å²) in [5, 5.41) is 6.78. The molecule has 2 N–H and O–H groups in total. The SMILES string of the molecule is O=S(=O)(Nc1ccon1)c1ccc2c(c1)CCCN2. The van der Waals surface area contributed by atoms with Crippen LogP contribution in [-0.2, 0) is 16.4 Å². The largest absolute Gasteiger partial charge is 0.385 e. The van der Waals surface area contributed by atoms with Crippen molar-refractivity contribution in [3.63, 3.8) is 0 Å². The number of nitrogens with zero attached hydrogens (tertiary/aromatic N) is 1. The van der Waals surface area contributed by atoms with Crippen LogP contribution in [0, 0.1) is 0 Å². The third kappa shape index (κ3) is 2.41.